The molecule has 0 N–H and O–H groups in total. The lowest BCUT2D eigenvalue weighted by molar-refractivity contribution is 1.03. The molecule has 0 amide bonds. The molecule has 0 bridgehead atoms. The summed E-state index contributed by atoms with van der Waals surface area (Å²) in [6.45, 7) is 2.80. The normalized spacial score (nSPS) is 8.92. The Balaban J connectivity index is 2.62. The lowest BCUT2D eigenvalue weighted by Gasteiger charge is -2.10. The maximum Gasteiger partial charge on any atom is 0.186 e. The second-order valence-electron chi connectivity index (χ2n) is 2.38. The van der Waals surface area contributed by atoms with Crippen molar-refractivity contribution in [3.8, 4) is 9.85 Å². The van der Waals surface area contributed by atoms with Crippen LogP contribution in [0.4, 0.5) is 5.13 Å². The van der Waals surface area contributed by atoms with E-state index in [1.54, 1.807) is 11.3 Å². The van der Waals surface area contributed by atoms with E-state index >= 15 is 0 Å². The Labute approximate surface area is 90.1 Å². The zero-order chi connectivity index (χ0) is 8.97. The summed E-state index contributed by atoms with van der Waals surface area (Å²) in [7, 11) is 2.00. The van der Waals surface area contributed by atoms with E-state index in [4.69, 9.17) is 0 Å². The predicted molar refractivity (Wildman–Crippen MR) is 61.9 cm³/mol. The Morgan fingerprint density at radius 3 is 3.00 bits per heavy atom. The van der Waals surface area contributed by atoms with Crippen molar-refractivity contribution in [1.82, 2.24) is 4.98 Å². The van der Waals surface area contributed by atoms with Crippen LogP contribution in [-0.2, 0) is 0 Å². The minimum Gasteiger partial charge on any atom is -0.340 e. The summed E-state index contributed by atoms with van der Waals surface area (Å²) in [4.78, 5) is 7.52. The van der Waals surface area contributed by atoms with E-state index in [1.165, 1.54) is 4.88 Å². The lowest BCUT2D eigenvalue weighted by Crippen LogP contribution is -2.16. The number of aromatic nitrogens is 1. The second kappa shape index (κ2) is 4.67. The fourth-order valence-corrected chi connectivity index (χ4v) is 1.63. The average molecular weight is 292 g/mol. The zero-order valence-corrected chi connectivity index (χ0v) is 9.94. The van der Waals surface area contributed by atoms with Crippen LogP contribution in [0.5, 0.6) is 0 Å². The molecule has 0 saturated heterocycles. The molecule has 1 heterocycles. The summed E-state index contributed by atoms with van der Waals surface area (Å²) >= 11 is 3.73. The van der Waals surface area contributed by atoms with Gasteiger partial charge in [0.25, 0.3) is 0 Å². The van der Waals surface area contributed by atoms with Crippen LogP contribution in [0.25, 0.3) is 0 Å². The topological polar surface area (TPSA) is 16.1 Å². The number of halogens is 1. The van der Waals surface area contributed by atoms with E-state index in [1.807, 2.05) is 40.7 Å². The molecule has 0 fully saturated rings. The number of hydrogen-bond acceptors (Lipinski definition) is 3. The number of nitrogens with zero attached hydrogens (tertiary/aromatic N) is 2. The van der Waals surface area contributed by atoms with Crippen LogP contribution in [0.1, 0.15) is 4.88 Å². The van der Waals surface area contributed by atoms with Gasteiger partial charge in [-0.2, -0.15) is 0 Å². The molecule has 2 nitrogen and oxygen atoms in total. The van der Waals surface area contributed by atoms with Crippen LogP contribution >= 0.6 is 33.9 Å². The van der Waals surface area contributed by atoms with Crippen LogP contribution in [-0.4, -0.2) is 18.6 Å². The highest BCUT2D eigenvalue weighted by Gasteiger charge is 2.02. The monoisotopic (exact) mass is 292 g/mol. The number of rotatable bonds is 2. The van der Waals surface area contributed by atoms with Crippen molar-refractivity contribution in [3.63, 3.8) is 0 Å². The SMILES string of the molecule is Cc1cnc(N(C)CC#CI)s1. The van der Waals surface area contributed by atoms with Crippen molar-refractivity contribution < 1.29 is 0 Å². The molecule has 0 aliphatic heterocycles. The molecular formula is C8H9IN2S. The smallest absolute Gasteiger partial charge is 0.186 e. The third-order valence-electron chi connectivity index (χ3n) is 1.32. The van der Waals surface area contributed by atoms with Gasteiger partial charge < -0.3 is 4.90 Å². The van der Waals surface area contributed by atoms with Gasteiger partial charge in [0.2, 0.25) is 0 Å². The van der Waals surface area contributed by atoms with E-state index in [2.05, 4.69) is 21.8 Å². The highest BCUT2D eigenvalue weighted by atomic mass is 127. The molecule has 0 atom stereocenters. The first-order valence-corrected chi connectivity index (χ1v) is 5.35. The lowest BCUT2D eigenvalue weighted by atomic mass is 10.6. The summed E-state index contributed by atoms with van der Waals surface area (Å²) < 4.78 is 2.83. The van der Waals surface area contributed by atoms with Crippen LogP contribution < -0.4 is 4.90 Å². The summed E-state index contributed by atoms with van der Waals surface area (Å²) in [6, 6.07) is 0. The van der Waals surface area contributed by atoms with Crippen LogP contribution in [0, 0.1) is 16.8 Å². The van der Waals surface area contributed by atoms with Gasteiger partial charge in [0, 0.05) is 40.7 Å². The van der Waals surface area contributed by atoms with Crippen LogP contribution in [0.15, 0.2) is 6.20 Å². The summed E-state index contributed by atoms with van der Waals surface area (Å²) in [6.07, 6.45) is 1.88. The number of hydrogen-bond donors (Lipinski definition) is 0. The standard InChI is InChI=1S/C8H9IN2S/c1-7-6-10-8(12-7)11(2)5-3-4-9/h6H,5H2,1-2H3. The van der Waals surface area contributed by atoms with Gasteiger partial charge in [-0.15, -0.1) is 11.3 Å². The highest BCUT2D eigenvalue weighted by Crippen LogP contribution is 2.19. The minimum atomic E-state index is 0.746. The van der Waals surface area contributed by atoms with E-state index in [0.29, 0.717) is 0 Å². The Kier molecular flexibility index (Phi) is 3.82. The molecule has 0 spiro atoms. The quantitative estimate of drug-likeness (QED) is 0.614. The molecule has 1 aromatic heterocycles. The van der Waals surface area contributed by atoms with Gasteiger partial charge in [-0.05, 0) is 10.9 Å². The third kappa shape index (κ3) is 2.64. The number of thiazole rings is 1. The van der Waals surface area contributed by atoms with Gasteiger partial charge in [-0.25, -0.2) is 4.98 Å². The maximum absolute atomic E-state index is 4.24. The summed E-state index contributed by atoms with van der Waals surface area (Å²) in [5.41, 5.74) is 0. The highest BCUT2D eigenvalue weighted by molar-refractivity contribution is 14.1. The van der Waals surface area contributed by atoms with E-state index in [-0.39, 0.29) is 0 Å². The first-order chi connectivity index (χ1) is 5.74. The van der Waals surface area contributed by atoms with Crippen molar-refractivity contribution in [2.75, 3.05) is 18.5 Å². The molecule has 12 heavy (non-hydrogen) atoms. The Hall–Kier alpha value is -0.280. The molecule has 0 saturated carbocycles. The molecule has 1 rings (SSSR count). The van der Waals surface area contributed by atoms with Crippen molar-refractivity contribution >= 4 is 39.1 Å². The molecular weight excluding hydrogens is 283 g/mol. The van der Waals surface area contributed by atoms with Gasteiger partial charge >= 0.3 is 0 Å². The largest absolute Gasteiger partial charge is 0.340 e. The van der Waals surface area contributed by atoms with Crippen LogP contribution in [0.2, 0.25) is 0 Å². The average Bonchev–Trinajstić information content (AvgIpc) is 2.47. The molecule has 0 aromatic carbocycles. The molecule has 0 aliphatic carbocycles. The van der Waals surface area contributed by atoms with Gasteiger partial charge in [-0.3, -0.25) is 0 Å². The van der Waals surface area contributed by atoms with E-state index in [0.717, 1.165) is 11.7 Å². The number of aryl methyl sites for hydroxylation is 1. The second-order valence-corrected chi connectivity index (χ2v) is 4.13. The summed E-state index contributed by atoms with van der Waals surface area (Å²) in [5, 5.41) is 1.03. The fourth-order valence-electron chi connectivity index (χ4n) is 0.735. The molecule has 0 radical (unpaired) electrons. The van der Waals surface area contributed by atoms with E-state index in [9.17, 15) is 0 Å². The van der Waals surface area contributed by atoms with Gasteiger partial charge in [-0.1, -0.05) is 5.92 Å². The maximum atomic E-state index is 4.24. The Bertz CT molecular complexity index is 310. The predicted octanol–water partition coefficient (Wildman–Crippen LogP) is 2.28. The molecule has 0 unspecified atom stereocenters. The first kappa shape index (κ1) is 9.81. The molecule has 1 aromatic rings. The molecule has 64 valence electrons. The Morgan fingerprint density at radius 1 is 1.75 bits per heavy atom. The van der Waals surface area contributed by atoms with Gasteiger partial charge in [0.15, 0.2) is 5.13 Å². The molecule has 0 aliphatic rings. The van der Waals surface area contributed by atoms with Crippen molar-refractivity contribution in [2.24, 2.45) is 0 Å². The van der Waals surface area contributed by atoms with Gasteiger partial charge in [0.05, 0.1) is 6.54 Å². The van der Waals surface area contributed by atoms with E-state index < -0.39 is 0 Å². The van der Waals surface area contributed by atoms with Gasteiger partial charge in [0.1, 0.15) is 0 Å². The van der Waals surface area contributed by atoms with Crippen molar-refractivity contribution in [1.29, 1.82) is 0 Å². The first-order valence-electron chi connectivity index (χ1n) is 3.46. The summed E-state index contributed by atoms with van der Waals surface area (Å²) in [5.74, 6) is 2.99. The molecule has 4 heteroatoms. The Morgan fingerprint density at radius 2 is 2.50 bits per heavy atom. The number of anilines is 1. The van der Waals surface area contributed by atoms with Crippen molar-refractivity contribution in [3.05, 3.63) is 11.1 Å². The van der Waals surface area contributed by atoms with Crippen molar-refractivity contribution in [2.45, 2.75) is 6.92 Å². The third-order valence-corrected chi connectivity index (χ3v) is 2.73. The minimum absolute atomic E-state index is 0.746. The zero-order valence-electron chi connectivity index (χ0n) is 6.97. The fraction of sp³-hybridized carbons (Fsp3) is 0.375. The van der Waals surface area contributed by atoms with Crippen LogP contribution in [0.3, 0.4) is 0 Å².